The Labute approximate surface area is 145 Å². The maximum Gasteiger partial charge on any atom is 0.442 e. The summed E-state index contributed by atoms with van der Waals surface area (Å²) in [4.78, 5) is 24.8. The number of hydrogen-bond donors (Lipinski definition) is 0. The molecule has 128 valence electrons. The van der Waals surface area contributed by atoms with Crippen molar-refractivity contribution in [2.75, 3.05) is 0 Å². The molecule has 2 heterocycles. The van der Waals surface area contributed by atoms with Crippen molar-refractivity contribution in [3.63, 3.8) is 0 Å². The van der Waals surface area contributed by atoms with Crippen LogP contribution in [0.4, 0.5) is 0 Å². The molecule has 6 heteroatoms. The average molecular weight is 337 g/mol. The van der Waals surface area contributed by atoms with Gasteiger partial charge in [-0.05, 0) is 19.9 Å². The van der Waals surface area contributed by atoms with E-state index in [0.717, 1.165) is 17.0 Å². The van der Waals surface area contributed by atoms with E-state index in [0.29, 0.717) is 17.9 Å². The van der Waals surface area contributed by atoms with Gasteiger partial charge >= 0.3 is 5.76 Å². The molecule has 0 amide bonds. The molecule has 0 saturated heterocycles. The molecule has 3 rings (SSSR count). The molecular formula is C19H19N3O3. The standard InChI is InChI=1S/C19H19N3O3/c1-4-10-21-13(2)11-16(14(21)3)17(23)12-22-18(20-25-19(22)24)15-8-6-5-7-9-15/h4-9,11H,1,10,12H2,2-3H3. The van der Waals surface area contributed by atoms with E-state index >= 15 is 0 Å². The topological polar surface area (TPSA) is 70.0 Å². The van der Waals surface area contributed by atoms with Crippen LogP contribution >= 0.6 is 0 Å². The van der Waals surface area contributed by atoms with Crippen molar-refractivity contribution in [1.29, 1.82) is 0 Å². The molecule has 0 aliphatic carbocycles. The summed E-state index contributed by atoms with van der Waals surface area (Å²) in [6.07, 6.45) is 1.78. The summed E-state index contributed by atoms with van der Waals surface area (Å²) in [6.45, 7) is 8.08. The first-order valence-electron chi connectivity index (χ1n) is 7.95. The quantitative estimate of drug-likeness (QED) is 0.512. The minimum absolute atomic E-state index is 0.120. The molecule has 0 bridgehead atoms. The van der Waals surface area contributed by atoms with Gasteiger partial charge in [0.25, 0.3) is 0 Å². The highest BCUT2D eigenvalue weighted by Crippen LogP contribution is 2.19. The van der Waals surface area contributed by atoms with E-state index in [1.807, 2.05) is 54.8 Å². The normalized spacial score (nSPS) is 10.8. The largest absolute Gasteiger partial charge is 0.442 e. The van der Waals surface area contributed by atoms with Crippen LogP contribution in [0.15, 0.2) is 58.4 Å². The third-order valence-electron chi connectivity index (χ3n) is 4.21. The molecule has 2 aromatic heterocycles. The number of carbonyl (C=O) groups excluding carboxylic acids is 1. The summed E-state index contributed by atoms with van der Waals surface area (Å²) >= 11 is 0. The van der Waals surface area contributed by atoms with Crippen molar-refractivity contribution in [3.8, 4) is 11.4 Å². The molecule has 1 aromatic carbocycles. The van der Waals surface area contributed by atoms with Crippen LogP contribution in [0.1, 0.15) is 21.7 Å². The summed E-state index contributed by atoms with van der Waals surface area (Å²) in [5.74, 6) is -0.461. The number of aryl methyl sites for hydroxylation is 1. The zero-order chi connectivity index (χ0) is 18.0. The van der Waals surface area contributed by atoms with Gasteiger partial charge in [0, 0.05) is 29.1 Å². The molecule has 3 aromatic rings. The van der Waals surface area contributed by atoms with E-state index in [1.54, 1.807) is 6.08 Å². The van der Waals surface area contributed by atoms with E-state index in [1.165, 1.54) is 4.57 Å². The highest BCUT2D eigenvalue weighted by Gasteiger charge is 2.20. The molecule has 0 saturated carbocycles. The molecule has 0 aliphatic heterocycles. The van der Waals surface area contributed by atoms with Crippen LogP contribution in [0.2, 0.25) is 0 Å². The predicted octanol–water partition coefficient (Wildman–Crippen LogP) is 2.99. The second-order valence-electron chi connectivity index (χ2n) is 5.83. The monoisotopic (exact) mass is 337 g/mol. The minimum atomic E-state index is -0.646. The zero-order valence-corrected chi connectivity index (χ0v) is 14.2. The van der Waals surface area contributed by atoms with Gasteiger partial charge in [-0.3, -0.25) is 9.32 Å². The Morgan fingerprint density at radius 2 is 1.96 bits per heavy atom. The van der Waals surface area contributed by atoms with Crippen molar-refractivity contribution < 1.29 is 9.32 Å². The van der Waals surface area contributed by atoms with Crippen LogP contribution in [0.25, 0.3) is 11.4 Å². The number of aromatic nitrogens is 3. The lowest BCUT2D eigenvalue weighted by Crippen LogP contribution is -2.21. The number of ketones is 1. The molecule has 0 spiro atoms. The molecule has 0 radical (unpaired) electrons. The summed E-state index contributed by atoms with van der Waals surface area (Å²) in [7, 11) is 0. The first-order valence-corrected chi connectivity index (χ1v) is 7.95. The maximum atomic E-state index is 12.8. The Bertz CT molecular complexity index is 977. The Kier molecular flexibility index (Phi) is 4.52. The van der Waals surface area contributed by atoms with Gasteiger partial charge in [0.15, 0.2) is 11.6 Å². The summed E-state index contributed by atoms with van der Waals surface area (Å²) in [5.41, 5.74) is 3.14. The molecule has 6 nitrogen and oxygen atoms in total. The van der Waals surface area contributed by atoms with Crippen LogP contribution in [0.5, 0.6) is 0 Å². The molecule has 0 fully saturated rings. The van der Waals surface area contributed by atoms with Crippen molar-refractivity contribution in [2.45, 2.75) is 26.9 Å². The minimum Gasteiger partial charge on any atom is -0.345 e. The van der Waals surface area contributed by atoms with Crippen LogP contribution < -0.4 is 5.76 Å². The van der Waals surface area contributed by atoms with E-state index in [2.05, 4.69) is 11.7 Å². The summed E-state index contributed by atoms with van der Waals surface area (Å²) < 4.78 is 8.04. The van der Waals surface area contributed by atoms with E-state index < -0.39 is 5.76 Å². The maximum absolute atomic E-state index is 12.8. The van der Waals surface area contributed by atoms with E-state index in [4.69, 9.17) is 4.52 Å². The van der Waals surface area contributed by atoms with Gasteiger partial charge < -0.3 is 4.57 Å². The third kappa shape index (κ3) is 3.10. The number of hydrogen-bond acceptors (Lipinski definition) is 4. The van der Waals surface area contributed by atoms with Gasteiger partial charge in [0.2, 0.25) is 0 Å². The molecule has 0 atom stereocenters. The van der Waals surface area contributed by atoms with Crippen LogP contribution in [0, 0.1) is 13.8 Å². The Balaban J connectivity index is 1.95. The number of allylic oxidation sites excluding steroid dienone is 1. The number of nitrogens with zero attached hydrogens (tertiary/aromatic N) is 3. The van der Waals surface area contributed by atoms with Crippen molar-refractivity contribution in [3.05, 3.63) is 76.6 Å². The second-order valence-corrected chi connectivity index (χ2v) is 5.83. The highest BCUT2D eigenvalue weighted by molar-refractivity contribution is 5.97. The lowest BCUT2D eigenvalue weighted by Gasteiger charge is -2.07. The second kappa shape index (κ2) is 6.76. The van der Waals surface area contributed by atoms with E-state index in [9.17, 15) is 9.59 Å². The number of benzene rings is 1. The molecular weight excluding hydrogens is 318 g/mol. The average Bonchev–Trinajstić information content (AvgIpc) is 3.11. The fourth-order valence-electron chi connectivity index (χ4n) is 2.92. The van der Waals surface area contributed by atoms with Gasteiger partial charge in [0.05, 0.1) is 6.54 Å². The summed E-state index contributed by atoms with van der Waals surface area (Å²) in [5, 5.41) is 3.81. The van der Waals surface area contributed by atoms with Gasteiger partial charge in [-0.2, -0.15) is 0 Å². The first-order chi connectivity index (χ1) is 12.0. The van der Waals surface area contributed by atoms with Crippen molar-refractivity contribution in [2.24, 2.45) is 0 Å². The summed E-state index contributed by atoms with van der Waals surface area (Å²) in [6, 6.07) is 11.0. The molecule has 25 heavy (non-hydrogen) atoms. The smallest absolute Gasteiger partial charge is 0.345 e. The molecule has 0 N–H and O–H groups in total. The van der Waals surface area contributed by atoms with Gasteiger partial charge in [-0.1, -0.05) is 41.6 Å². The number of Topliss-reactive ketones (excluding diaryl/α,β-unsaturated/α-hetero) is 1. The zero-order valence-electron chi connectivity index (χ0n) is 14.2. The van der Waals surface area contributed by atoms with Crippen LogP contribution in [-0.4, -0.2) is 20.1 Å². The van der Waals surface area contributed by atoms with Gasteiger partial charge in [0.1, 0.15) is 0 Å². The molecule has 0 aliphatic rings. The fourth-order valence-corrected chi connectivity index (χ4v) is 2.92. The predicted molar refractivity (Wildman–Crippen MR) is 94.6 cm³/mol. The van der Waals surface area contributed by atoms with Gasteiger partial charge in [-0.15, -0.1) is 6.58 Å². The Morgan fingerprint density at radius 3 is 2.64 bits per heavy atom. The highest BCUT2D eigenvalue weighted by atomic mass is 16.5. The Morgan fingerprint density at radius 1 is 1.24 bits per heavy atom. The number of rotatable bonds is 6. The SMILES string of the molecule is C=CCn1c(C)cc(C(=O)Cn2c(-c3ccccc3)noc2=O)c1C. The third-order valence-corrected chi connectivity index (χ3v) is 4.21. The fraction of sp³-hybridized carbons (Fsp3) is 0.211. The molecule has 0 unspecified atom stereocenters. The van der Waals surface area contributed by atoms with Crippen LogP contribution in [-0.2, 0) is 13.1 Å². The van der Waals surface area contributed by atoms with Crippen LogP contribution in [0.3, 0.4) is 0 Å². The first kappa shape index (κ1) is 16.7. The number of carbonyl (C=O) groups is 1. The van der Waals surface area contributed by atoms with Gasteiger partial charge in [-0.25, -0.2) is 9.36 Å². The lowest BCUT2D eigenvalue weighted by molar-refractivity contribution is 0.0969. The van der Waals surface area contributed by atoms with Crippen molar-refractivity contribution in [1.82, 2.24) is 14.3 Å². The van der Waals surface area contributed by atoms with Crippen molar-refractivity contribution >= 4 is 5.78 Å². The van der Waals surface area contributed by atoms with E-state index in [-0.39, 0.29) is 12.3 Å². The lowest BCUT2D eigenvalue weighted by atomic mass is 10.1. The Hall–Kier alpha value is -3.15.